The van der Waals surface area contributed by atoms with Crippen molar-refractivity contribution in [3.63, 3.8) is 0 Å². The molecule has 0 aliphatic rings. The number of carbonyl (C=O) groups excluding carboxylic acids is 3. The Hall–Kier alpha value is -3.37. The number of benzene rings is 2. The first-order valence-corrected chi connectivity index (χ1v) is 12.9. The van der Waals surface area contributed by atoms with E-state index in [4.69, 9.17) is 5.73 Å². The zero-order valence-corrected chi connectivity index (χ0v) is 22.0. The van der Waals surface area contributed by atoms with Crippen LogP contribution in [-0.2, 0) is 32.0 Å². The number of aliphatic carboxylic acids is 1. The Balaban J connectivity index is 2.21. The van der Waals surface area contributed by atoms with Gasteiger partial charge in [-0.25, -0.2) is 4.79 Å². The predicted molar refractivity (Wildman–Crippen MR) is 145 cm³/mol. The lowest BCUT2D eigenvalue weighted by Crippen LogP contribution is -2.59. The second-order valence-electron chi connectivity index (χ2n) is 9.00. The van der Waals surface area contributed by atoms with E-state index < -0.39 is 47.9 Å². The first-order chi connectivity index (χ1) is 17.7. The summed E-state index contributed by atoms with van der Waals surface area (Å²) in [6.07, 6.45) is 1.03. The molecule has 2 rings (SSSR count). The lowest BCUT2D eigenvalue weighted by Gasteiger charge is -2.28. The lowest BCUT2D eigenvalue weighted by atomic mass is 9.96. The zero-order chi connectivity index (χ0) is 27.4. The van der Waals surface area contributed by atoms with Gasteiger partial charge in [0.2, 0.25) is 17.7 Å². The highest BCUT2D eigenvalue weighted by Gasteiger charge is 2.32. The van der Waals surface area contributed by atoms with Crippen molar-refractivity contribution in [1.29, 1.82) is 0 Å². The molecular formula is C27H36N4O5S. The van der Waals surface area contributed by atoms with Crippen LogP contribution in [-0.4, -0.2) is 58.7 Å². The van der Waals surface area contributed by atoms with Crippen LogP contribution >= 0.6 is 12.6 Å². The van der Waals surface area contributed by atoms with Gasteiger partial charge >= 0.3 is 5.97 Å². The van der Waals surface area contributed by atoms with Gasteiger partial charge < -0.3 is 26.8 Å². The van der Waals surface area contributed by atoms with Gasteiger partial charge in [0, 0.05) is 12.2 Å². The molecule has 0 aromatic heterocycles. The molecular weight excluding hydrogens is 492 g/mol. The van der Waals surface area contributed by atoms with Crippen LogP contribution in [0.4, 0.5) is 0 Å². The summed E-state index contributed by atoms with van der Waals surface area (Å²) < 4.78 is 0. The number of amides is 3. The molecule has 37 heavy (non-hydrogen) atoms. The Morgan fingerprint density at radius 2 is 1.32 bits per heavy atom. The largest absolute Gasteiger partial charge is 0.480 e. The van der Waals surface area contributed by atoms with E-state index in [1.165, 1.54) is 0 Å². The smallest absolute Gasteiger partial charge is 0.327 e. The molecule has 0 bridgehead atoms. The third-order valence-corrected chi connectivity index (χ3v) is 6.51. The van der Waals surface area contributed by atoms with Crippen molar-refractivity contribution in [3.8, 4) is 0 Å². The van der Waals surface area contributed by atoms with Gasteiger partial charge in [-0.2, -0.15) is 12.6 Å². The van der Waals surface area contributed by atoms with Crippen LogP contribution in [0.25, 0.3) is 0 Å². The Morgan fingerprint density at radius 3 is 1.81 bits per heavy atom. The van der Waals surface area contributed by atoms with Gasteiger partial charge in [0.05, 0.1) is 6.04 Å². The zero-order valence-electron chi connectivity index (χ0n) is 21.1. The SMILES string of the molecule is CCC(C)C(NC(=O)C(Cc1ccccc1)NC(=O)C(N)Cc1ccccc1)C(=O)NC(CS)C(=O)O. The number of rotatable bonds is 14. The minimum absolute atomic E-state index is 0.103. The molecule has 2 aromatic carbocycles. The van der Waals surface area contributed by atoms with Gasteiger partial charge in [-0.05, 0) is 23.5 Å². The van der Waals surface area contributed by atoms with Crippen molar-refractivity contribution in [2.45, 2.75) is 57.3 Å². The standard InChI is InChI=1S/C27H36N4O5S/c1-3-17(2)23(26(34)30-22(16-37)27(35)36)31-25(33)21(15-19-12-8-5-9-13-19)29-24(32)20(28)14-18-10-6-4-7-11-18/h4-13,17,20-23,37H,3,14-16,28H2,1-2H3,(H,29,32)(H,30,34)(H,31,33)(H,35,36). The van der Waals surface area contributed by atoms with E-state index in [2.05, 4.69) is 28.6 Å². The summed E-state index contributed by atoms with van der Waals surface area (Å²) in [5.41, 5.74) is 7.84. The van der Waals surface area contributed by atoms with Crippen molar-refractivity contribution in [1.82, 2.24) is 16.0 Å². The Morgan fingerprint density at radius 1 is 0.811 bits per heavy atom. The molecule has 3 amide bonds. The van der Waals surface area contributed by atoms with Crippen LogP contribution < -0.4 is 21.7 Å². The summed E-state index contributed by atoms with van der Waals surface area (Å²) in [5, 5.41) is 17.2. The van der Waals surface area contributed by atoms with Crippen molar-refractivity contribution in [2.24, 2.45) is 11.7 Å². The summed E-state index contributed by atoms with van der Waals surface area (Å²) in [7, 11) is 0. The van der Waals surface area contributed by atoms with E-state index in [1.807, 2.05) is 67.6 Å². The Bertz CT molecular complexity index is 1040. The fourth-order valence-electron chi connectivity index (χ4n) is 3.70. The summed E-state index contributed by atoms with van der Waals surface area (Å²) in [6, 6.07) is 14.4. The molecule has 0 aliphatic carbocycles. The summed E-state index contributed by atoms with van der Waals surface area (Å²) >= 11 is 3.98. The first kappa shape index (κ1) is 29.9. The van der Waals surface area contributed by atoms with Gasteiger partial charge in [-0.3, -0.25) is 14.4 Å². The van der Waals surface area contributed by atoms with Crippen LogP contribution in [0.1, 0.15) is 31.4 Å². The summed E-state index contributed by atoms with van der Waals surface area (Å²) in [5.74, 6) is -3.32. The average Bonchev–Trinajstić information content (AvgIpc) is 2.90. The maximum Gasteiger partial charge on any atom is 0.327 e. The Kier molecular flexibility index (Phi) is 12.1. The van der Waals surface area contributed by atoms with E-state index >= 15 is 0 Å². The van der Waals surface area contributed by atoms with Crippen LogP contribution in [0.15, 0.2) is 60.7 Å². The number of nitrogens with two attached hydrogens (primary N) is 1. The number of carboxylic acid groups (broad SMARTS) is 1. The third kappa shape index (κ3) is 9.55. The average molecular weight is 529 g/mol. The van der Waals surface area contributed by atoms with Gasteiger partial charge in [-0.1, -0.05) is 80.9 Å². The van der Waals surface area contributed by atoms with Crippen molar-refractivity contribution >= 4 is 36.3 Å². The highest BCUT2D eigenvalue weighted by Crippen LogP contribution is 2.11. The van der Waals surface area contributed by atoms with Crippen LogP contribution in [0.5, 0.6) is 0 Å². The minimum atomic E-state index is -1.22. The number of nitrogens with one attached hydrogen (secondary N) is 3. The fourth-order valence-corrected chi connectivity index (χ4v) is 3.95. The number of hydrogen-bond donors (Lipinski definition) is 6. The first-order valence-electron chi connectivity index (χ1n) is 12.2. The third-order valence-electron chi connectivity index (χ3n) is 6.14. The van der Waals surface area contributed by atoms with Gasteiger partial charge in [0.1, 0.15) is 18.1 Å². The molecule has 2 aromatic rings. The van der Waals surface area contributed by atoms with Crippen molar-refractivity contribution in [3.05, 3.63) is 71.8 Å². The van der Waals surface area contributed by atoms with E-state index in [1.54, 1.807) is 6.92 Å². The van der Waals surface area contributed by atoms with E-state index in [9.17, 15) is 24.3 Å². The number of thiol groups is 1. The Labute approximate surface area is 223 Å². The maximum atomic E-state index is 13.4. The van der Waals surface area contributed by atoms with Gasteiger partial charge in [0.25, 0.3) is 0 Å². The minimum Gasteiger partial charge on any atom is -0.480 e. The monoisotopic (exact) mass is 528 g/mol. The van der Waals surface area contributed by atoms with Crippen LogP contribution in [0.2, 0.25) is 0 Å². The molecule has 0 aliphatic heterocycles. The number of carbonyl (C=O) groups is 4. The number of hydrogen-bond acceptors (Lipinski definition) is 6. The predicted octanol–water partition coefficient (Wildman–Crippen LogP) is 1.31. The topological polar surface area (TPSA) is 151 Å². The highest BCUT2D eigenvalue weighted by molar-refractivity contribution is 7.80. The van der Waals surface area contributed by atoms with Crippen molar-refractivity contribution in [2.75, 3.05) is 5.75 Å². The van der Waals surface area contributed by atoms with E-state index in [-0.39, 0.29) is 18.1 Å². The molecule has 6 N–H and O–H groups in total. The maximum absolute atomic E-state index is 13.4. The highest BCUT2D eigenvalue weighted by atomic mass is 32.1. The molecule has 10 heteroatoms. The molecule has 9 nitrogen and oxygen atoms in total. The molecule has 0 saturated heterocycles. The molecule has 0 heterocycles. The van der Waals surface area contributed by atoms with E-state index in [0.29, 0.717) is 12.8 Å². The van der Waals surface area contributed by atoms with Gasteiger partial charge in [0.15, 0.2) is 0 Å². The van der Waals surface area contributed by atoms with Crippen LogP contribution in [0, 0.1) is 5.92 Å². The van der Waals surface area contributed by atoms with E-state index in [0.717, 1.165) is 11.1 Å². The summed E-state index contributed by atoms with van der Waals surface area (Å²) in [4.78, 5) is 50.7. The second kappa shape index (κ2) is 15.0. The quantitative estimate of drug-likeness (QED) is 0.204. The lowest BCUT2D eigenvalue weighted by molar-refractivity contribution is -0.142. The normalized spacial score (nSPS) is 14.9. The molecule has 0 spiro atoms. The molecule has 0 radical (unpaired) electrons. The van der Waals surface area contributed by atoms with Crippen LogP contribution in [0.3, 0.4) is 0 Å². The van der Waals surface area contributed by atoms with Crippen molar-refractivity contribution < 1.29 is 24.3 Å². The molecule has 0 saturated carbocycles. The summed E-state index contributed by atoms with van der Waals surface area (Å²) in [6.45, 7) is 3.64. The fraction of sp³-hybridized carbons (Fsp3) is 0.407. The molecule has 0 fully saturated rings. The van der Waals surface area contributed by atoms with Gasteiger partial charge in [-0.15, -0.1) is 0 Å². The molecule has 200 valence electrons. The number of carboxylic acids is 1. The molecule has 5 unspecified atom stereocenters. The second-order valence-corrected chi connectivity index (χ2v) is 9.37. The molecule has 5 atom stereocenters.